The molecule has 1 aliphatic rings. The maximum absolute atomic E-state index is 12.4. The number of hydrogen-bond acceptors (Lipinski definition) is 3. The molecule has 0 heterocycles. The molecular weight excluding hydrogens is 250 g/mol. The Balaban J connectivity index is 2.01. The van der Waals surface area contributed by atoms with Gasteiger partial charge in [0.2, 0.25) is 0 Å². The van der Waals surface area contributed by atoms with Crippen molar-refractivity contribution in [2.75, 3.05) is 5.73 Å². The molecule has 0 spiro atoms. The Morgan fingerprint density at radius 1 is 1.15 bits per heavy atom. The fraction of sp³-hybridized carbons (Fsp3) is 0.588. The smallest absolute Gasteiger partial charge is 0.316 e. The van der Waals surface area contributed by atoms with Crippen LogP contribution in [0.1, 0.15) is 52.0 Å². The number of ether oxygens (including phenoxy) is 1. The number of rotatable bonds is 3. The number of anilines is 1. The lowest BCUT2D eigenvalue weighted by Crippen LogP contribution is -2.35. The molecule has 3 heteroatoms. The van der Waals surface area contributed by atoms with Crippen LogP contribution < -0.4 is 5.73 Å². The minimum Gasteiger partial charge on any atom is -0.462 e. The molecule has 1 aromatic carbocycles. The lowest BCUT2D eigenvalue weighted by Gasteiger charge is -2.30. The summed E-state index contributed by atoms with van der Waals surface area (Å²) < 4.78 is 5.72. The monoisotopic (exact) mass is 275 g/mol. The second kappa shape index (κ2) is 5.86. The normalized spacial score (nSPS) is 23.4. The van der Waals surface area contributed by atoms with Crippen molar-refractivity contribution in [2.24, 2.45) is 5.92 Å². The fourth-order valence-electron chi connectivity index (χ4n) is 2.66. The van der Waals surface area contributed by atoms with Crippen LogP contribution in [0, 0.1) is 5.92 Å². The molecule has 1 aliphatic carbocycles. The highest BCUT2D eigenvalue weighted by Crippen LogP contribution is 2.30. The standard InChI is InChI=1S/C17H25NO2/c1-12-4-10-15(11-5-12)20-16(19)17(2,3)13-6-8-14(18)9-7-13/h6-9,12,15H,4-5,10-11,18H2,1-3H3. The van der Waals surface area contributed by atoms with Gasteiger partial charge in [0, 0.05) is 5.69 Å². The molecule has 0 aliphatic heterocycles. The van der Waals surface area contributed by atoms with E-state index in [1.807, 2.05) is 38.1 Å². The Hall–Kier alpha value is -1.51. The zero-order valence-electron chi connectivity index (χ0n) is 12.7. The van der Waals surface area contributed by atoms with Crippen LogP contribution in [-0.4, -0.2) is 12.1 Å². The van der Waals surface area contributed by atoms with Gasteiger partial charge in [0.1, 0.15) is 6.10 Å². The minimum absolute atomic E-state index is 0.0896. The van der Waals surface area contributed by atoms with Gasteiger partial charge >= 0.3 is 5.97 Å². The van der Waals surface area contributed by atoms with E-state index in [2.05, 4.69) is 6.92 Å². The van der Waals surface area contributed by atoms with Crippen LogP contribution >= 0.6 is 0 Å². The highest BCUT2D eigenvalue weighted by Gasteiger charge is 2.34. The van der Waals surface area contributed by atoms with Crippen molar-refractivity contribution in [3.63, 3.8) is 0 Å². The Kier molecular flexibility index (Phi) is 4.36. The number of benzene rings is 1. The van der Waals surface area contributed by atoms with E-state index in [1.165, 1.54) is 0 Å². The van der Waals surface area contributed by atoms with Crippen molar-refractivity contribution < 1.29 is 9.53 Å². The SMILES string of the molecule is CC1CCC(OC(=O)C(C)(C)c2ccc(N)cc2)CC1. The third-order valence-electron chi connectivity index (χ3n) is 4.38. The van der Waals surface area contributed by atoms with Crippen molar-refractivity contribution in [3.8, 4) is 0 Å². The molecule has 0 atom stereocenters. The molecule has 2 N–H and O–H groups in total. The first-order chi connectivity index (χ1) is 9.39. The molecule has 1 saturated carbocycles. The Labute approximate surface area is 121 Å². The van der Waals surface area contributed by atoms with E-state index >= 15 is 0 Å². The van der Waals surface area contributed by atoms with E-state index in [0.29, 0.717) is 5.69 Å². The molecule has 0 unspecified atom stereocenters. The summed E-state index contributed by atoms with van der Waals surface area (Å²) in [6.45, 7) is 6.08. The first kappa shape index (κ1) is 14.9. The van der Waals surface area contributed by atoms with Crippen LogP contribution in [0.5, 0.6) is 0 Å². The quantitative estimate of drug-likeness (QED) is 0.676. The lowest BCUT2D eigenvalue weighted by molar-refractivity contribution is -0.156. The molecule has 20 heavy (non-hydrogen) atoms. The molecule has 3 nitrogen and oxygen atoms in total. The molecule has 2 rings (SSSR count). The summed E-state index contributed by atoms with van der Waals surface area (Å²) in [6.07, 6.45) is 4.38. The van der Waals surface area contributed by atoms with Crippen molar-refractivity contribution in [1.82, 2.24) is 0 Å². The number of carbonyl (C=O) groups excluding carboxylic acids is 1. The average Bonchev–Trinajstić information content (AvgIpc) is 2.42. The average molecular weight is 275 g/mol. The lowest BCUT2D eigenvalue weighted by atomic mass is 9.84. The second-order valence-corrected chi connectivity index (χ2v) is 6.53. The molecule has 1 fully saturated rings. The zero-order chi connectivity index (χ0) is 14.8. The third-order valence-corrected chi connectivity index (χ3v) is 4.38. The van der Waals surface area contributed by atoms with Crippen LogP contribution in [0.15, 0.2) is 24.3 Å². The number of esters is 1. The Morgan fingerprint density at radius 3 is 2.25 bits per heavy atom. The van der Waals surface area contributed by atoms with Gasteiger partial charge < -0.3 is 10.5 Å². The van der Waals surface area contributed by atoms with Gasteiger partial charge in [-0.25, -0.2) is 0 Å². The highest BCUT2D eigenvalue weighted by atomic mass is 16.5. The number of carbonyl (C=O) groups is 1. The summed E-state index contributed by atoms with van der Waals surface area (Å²) in [5.74, 6) is 0.622. The van der Waals surface area contributed by atoms with Gasteiger partial charge in [0.15, 0.2) is 0 Å². The molecular formula is C17H25NO2. The zero-order valence-corrected chi connectivity index (χ0v) is 12.7. The van der Waals surface area contributed by atoms with Gasteiger partial charge in [0.25, 0.3) is 0 Å². The maximum Gasteiger partial charge on any atom is 0.316 e. The van der Waals surface area contributed by atoms with Gasteiger partial charge in [-0.2, -0.15) is 0 Å². The number of nitrogen functional groups attached to an aromatic ring is 1. The van der Waals surface area contributed by atoms with Crippen molar-refractivity contribution >= 4 is 11.7 Å². The predicted octanol–water partition coefficient (Wildman–Crippen LogP) is 3.67. The minimum atomic E-state index is -0.628. The first-order valence-corrected chi connectivity index (χ1v) is 7.46. The van der Waals surface area contributed by atoms with E-state index in [4.69, 9.17) is 10.5 Å². The van der Waals surface area contributed by atoms with Gasteiger partial charge in [0.05, 0.1) is 5.41 Å². The van der Waals surface area contributed by atoms with Crippen LogP contribution in [0.3, 0.4) is 0 Å². The van der Waals surface area contributed by atoms with Crippen LogP contribution in [0.2, 0.25) is 0 Å². The summed E-state index contributed by atoms with van der Waals surface area (Å²) in [6, 6.07) is 7.46. The van der Waals surface area contributed by atoms with E-state index in [9.17, 15) is 4.79 Å². The van der Waals surface area contributed by atoms with E-state index in [0.717, 1.165) is 37.2 Å². The third kappa shape index (κ3) is 3.33. The molecule has 0 aromatic heterocycles. The van der Waals surface area contributed by atoms with Crippen LogP contribution in [0.25, 0.3) is 0 Å². The largest absolute Gasteiger partial charge is 0.462 e. The molecule has 0 amide bonds. The molecule has 0 radical (unpaired) electrons. The Bertz CT molecular complexity index is 456. The van der Waals surface area contributed by atoms with Gasteiger partial charge in [-0.05, 0) is 63.1 Å². The number of nitrogens with two attached hydrogens (primary N) is 1. The van der Waals surface area contributed by atoms with Crippen molar-refractivity contribution in [3.05, 3.63) is 29.8 Å². The van der Waals surface area contributed by atoms with E-state index in [-0.39, 0.29) is 12.1 Å². The second-order valence-electron chi connectivity index (χ2n) is 6.53. The van der Waals surface area contributed by atoms with Gasteiger partial charge in [-0.15, -0.1) is 0 Å². The van der Waals surface area contributed by atoms with Gasteiger partial charge in [-0.3, -0.25) is 4.79 Å². The number of hydrogen-bond donors (Lipinski definition) is 1. The van der Waals surface area contributed by atoms with E-state index < -0.39 is 5.41 Å². The Morgan fingerprint density at radius 2 is 1.70 bits per heavy atom. The van der Waals surface area contributed by atoms with Gasteiger partial charge in [-0.1, -0.05) is 19.1 Å². The maximum atomic E-state index is 12.4. The molecule has 0 saturated heterocycles. The van der Waals surface area contributed by atoms with Crippen LogP contribution in [0.4, 0.5) is 5.69 Å². The van der Waals surface area contributed by atoms with Crippen molar-refractivity contribution in [1.29, 1.82) is 0 Å². The highest BCUT2D eigenvalue weighted by molar-refractivity contribution is 5.82. The molecule has 1 aromatic rings. The van der Waals surface area contributed by atoms with Crippen molar-refractivity contribution in [2.45, 2.75) is 58.0 Å². The summed E-state index contributed by atoms with van der Waals surface area (Å²) in [4.78, 5) is 12.4. The summed E-state index contributed by atoms with van der Waals surface area (Å²) >= 11 is 0. The fourth-order valence-corrected chi connectivity index (χ4v) is 2.66. The predicted molar refractivity (Wildman–Crippen MR) is 81.4 cm³/mol. The summed E-state index contributed by atoms with van der Waals surface area (Å²) in [5.41, 5.74) is 6.72. The van der Waals surface area contributed by atoms with E-state index in [1.54, 1.807) is 0 Å². The van der Waals surface area contributed by atoms with Crippen LogP contribution in [-0.2, 0) is 14.9 Å². The molecule has 0 bridgehead atoms. The summed E-state index contributed by atoms with van der Waals surface area (Å²) in [7, 11) is 0. The molecule has 110 valence electrons. The summed E-state index contributed by atoms with van der Waals surface area (Å²) in [5, 5.41) is 0. The topological polar surface area (TPSA) is 52.3 Å². The first-order valence-electron chi connectivity index (χ1n) is 7.46.